The number of rotatable bonds is 5. The third kappa shape index (κ3) is 3.80. The molecule has 1 aromatic heterocycles. The number of hydrogen-bond donors (Lipinski definition) is 0. The van der Waals surface area contributed by atoms with Crippen molar-refractivity contribution in [3.05, 3.63) is 29.3 Å². The molecule has 1 aliphatic heterocycles. The number of imidazole rings is 1. The van der Waals surface area contributed by atoms with Gasteiger partial charge in [0.2, 0.25) is 0 Å². The number of benzene rings is 1. The van der Waals surface area contributed by atoms with Crippen molar-refractivity contribution in [2.24, 2.45) is 5.41 Å². The van der Waals surface area contributed by atoms with Crippen LogP contribution in [0.4, 0.5) is 4.39 Å². The molecule has 0 unspecified atom stereocenters. The molecule has 1 atom stereocenters. The molecule has 3 rings (SSSR count). The van der Waals surface area contributed by atoms with Gasteiger partial charge in [-0.1, -0.05) is 20.8 Å². The van der Waals surface area contributed by atoms with Crippen molar-refractivity contribution in [3.63, 3.8) is 0 Å². The van der Waals surface area contributed by atoms with Crippen LogP contribution < -0.4 is 0 Å². The van der Waals surface area contributed by atoms with Crippen molar-refractivity contribution in [1.82, 2.24) is 9.55 Å². The first-order valence-corrected chi connectivity index (χ1v) is 8.86. The first-order valence-electron chi connectivity index (χ1n) is 8.32. The van der Waals surface area contributed by atoms with Gasteiger partial charge in [-0.3, -0.25) is 0 Å². The Balaban J connectivity index is 1.97. The Morgan fingerprint density at radius 2 is 2.20 bits per heavy atom. The van der Waals surface area contributed by atoms with Crippen LogP contribution >= 0.6 is 11.6 Å². The monoisotopic (exact) mass is 368 g/mol. The Hall–Kier alpha value is -1.66. The summed E-state index contributed by atoms with van der Waals surface area (Å²) in [5.41, 5.74) is 0.468. The van der Waals surface area contributed by atoms with E-state index in [-0.39, 0.29) is 35.1 Å². The first-order chi connectivity index (χ1) is 11.8. The van der Waals surface area contributed by atoms with Crippen molar-refractivity contribution < 1.29 is 18.7 Å². The molecule has 7 heteroatoms. The van der Waals surface area contributed by atoms with Gasteiger partial charge in [0, 0.05) is 6.61 Å². The van der Waals surface area contributed by atoms with Gasteiger partial charge in [-0.15, -0.1) is 11.6 Å². The van der Waals surface area contributed by atoms with Gasteiger partial charge in [0.15, 0.2) is 5.82 Å². The van der Waals surface area contributed by atoms with Crippen LogP contribution in [0, 0.1) is 11.2 Å². The van der Waals surface area contributed by atoms with Gasteiger partial charge < -0.3 is 14.0 Å². The number of carbonyl (C=O) groups is 1. The molecular formula is C18H22ClFN2O3. The zero-order valence-electron chi connectivity index (χ0n) is 14.6. The minimum atomic E-state index is -0.672. The number of hydrogen-bond acceptors (Lipinski definition) is 4. The average molecular weight is 369 g/mol. The topological polar surface area (TPSA) is 53.3 Å². The maximum absolute atomic E-state index is 15.1. The highest BCUT2D eigenvalue weighted by Crippen LogP contribution is 2.27. The van der Waals surface area contributed by atoms with Crippen molar-refractivity contribution in [2.75, 3.05) is 13.2 Å². The van der Waals surface area contributed by atoms with E-state index in [1.807, 2.05) is 20.8 Å². The fraction of sp³-hybridized carbons (Fsp3) is 0.556. The third-order valence-corrected chi connectivity index (χ3v) is 4.32. The van der Waals surface area contributed by atoms with Gasteiger partial charge in [-0.2, -0.15) is 0 Å². The minimum absolute atomic E-state index is 0.0234. The standard InChI is InChI=1S/C18H22ClFN2O3/c1-18(2,3)10-25-17(23)12-4-5-13-16(15(12)20)22(14(8-19)21-13)9-11-6-7-24-11/h4-5,11H,6-10H2,1-3H3/t11-/m0/s1. The second-order valence-electron chi connectivity index (χ2n) is 7.49. The lowest BCUT2D eigenvalue weighted by atomic mass is 9.99. The highest BCUT2D eigenvalue weighted by atomic mass is 35.5. The fourth-order valence-corrected chi connectivity index (χ4v) is 2.88. The van der Waals surface area contributed by atoms with E-state index in [1.165, 1.54) is 6.07 Å². The Morgan fingerprint density at radius 1 is 1.48 bits per heavy atom. The summed E-state index contributed by atoms with van der Waals surface area (Å²) >= 11 is 5.96. The number of ether oxygens (including phenoxy) is 2. The molecule has 0 amide bonds. The van der Waals surface area contributed by atoms with Gasteiger partial charge >= 0.3 is 5.97 Å². The summed E-state index contributed by atoms with van der Waals surface area (Å²) < 4.78 is 27.5. The molecule has 1 saturated heterocycles. The largest absolute Gasteiger partial charge is 0.461 e. The predicted molar refractivity (Wildman–Crippen MR) is 93.3 cm³/mol. The summed E-state index contributed by atoms with van der Waals surface area (Å²) in [5.74, 6) is -0.578. The van der Waals surface area contributed by atoms with Gasteiger partial charge in [-0.05, 0) is 24.0 Å². The minimum Gasteiger partial charge on any atom is -0.461 e. The van der Waals surface area contributed by atoms with Crippen LogP contribution in [-0.4, -0.2) is 34.8 Å². The molecule has 0 N–H and O–H groups in total. The van der Waals surface area contributed by atoms with Crippen LogP contribution in [-0.2, 0) is 21.9 Å². The van der Waals surface area contributed by atoms with E-state index in [1.54, 1.807) is 10.6 Å². The molecule has 25 heavy (non-hydrogen) atoms. The Bertz CT molecular complexity index is 794. The van der Waals surface area contributed by atoms with Crippen LogP contribution in [0.15, 0.2) is 12.1 Å². The number of nitrogens with zero attached hydrogens (tertiary/aromatic N) is 2. The molecule has 0 aliphatic carbocycles. The summed E-state index contributed by atoms with van der Waals surface area (Å²) in [5, 5.41) is 0. The van der Waals surface area contributed by atoms with Crippen LogP contribution in [0.3, 0.4) is 0 Å². The lowest BCUT2D eigenvalue weighted by Crippen LogP contribution is -2.31. The molecular weight excluding hydrogens is 347 g/mol. The molecule has 0 saturated carbocycles. The van der Waals surface area contributed by atoms with Crippen LogP contribution in [0.5, 0.6) is 0 Å². The second kappa shape index (κ2) is 6.92. The fourth-order valence-electron chi connectivity index (χ4n) is 2.68. The molecule has 2 heterocycles. The number of fused-ring (bicyclic) bond motifs is 1. The summed E-state index contributed by atoms with van der Waals surface area (Å²) in [6.07, 6.45) is 0.936. The van der Waals surface area contributed by atoms with E-state index in [9.17, 15) is 4.79 Å². The number of esters is 1. The highest BCUT2D eigenvalue weighted by Gasteiger charge is 2.26. The van der Waals surface area contributed by atoms with E-state index >= 15 is 4.39 Å². The van der Waals surface area contributed by atoms with Gasteiger partial charge in [-0.25, -0.2) is 14.2 Å². The highest BCUT2D eigenvalue weighted by molar-refractivity contribution is 6.16. The van der Waals surface area contributed by atoms with Gasteiger partial charge in [0.25, 0.3) is 0 Å². The quantitative estimate of drug-likeness (QED) is 0.593. The predicted octanol–water partition coefficient (Wildman–Crippen LogP) is 3.91. The first kappa shape index (κ1) is 18.1. The Kier molecular flexibility index (Phi) is 5.02. The van der Waals surface area contributed by atoms with E-state index in [2.05, 4.69) is 4.98 Å². The maximum Gasteiger partial charge on any atom is 0.341 e. The summed E-state index contributed by atoms with van der Waals surface area (Å²) in [7, 11) is 0. The summed E-state index contributed by atoms with van der Waals surface area (Å²) in [6, 6.07) is 3.04. The molecule has 0 radical (unpaired) electrons. The molecule has 1 fully saturated rings. The lowest BCUT2D eigenvalue weighted by molar-refractivity contribution is -0.0589. The molecule has 0 spiro atoms. The zero-order chi connectivity index (χ0) is 18.2. The smallest absolute Gasteiger partial charge is 0.341 e. The Morgan fingerprint density at radius 3 is 2.76 bits per heavy atom. The number of aromatic nitrogens is 2. The van der Waals surface area contributed by atoms with Gasteiger partial charge in [0.1, 0.15) is 11.3 Å². The van der Waals surface area contributed by atoms with Crippen molar-refractivity contribution in [2.45, 2.75) is 45.7 Å². The second-order valence-corrected chi connectivity index (χ2v) is 7.75. The molecule has 1 aliphatic rings. The lowest BCUT2D eigenvalue weighted by Gasteiger charge is -2.27. The van der Waals surface area contributed by atoms with Crippen molar-refractivity contribution in [3.8, 4) is 0 Å². The van der Waals surface area contributed by atoms with E-state index in [4.69, 9.17) is 21.1 Å². The normalized spacial score (nSPS) is 17.6. The van der Waals surface area contributed by atoms with Crippen molar-refractivity contribution in [1.29, 1.82) is 0 Å². The van der Waals surface area contributed by atoms with Crippen LogP contribution in [0.2, 0.25) is 0 Å². The van der Waals surface area contributed by atoms with Gasteiger partial charge in [0.05, 0.1) is 36.2 Å². The third-order valence-electron chi connectivity index (χ3n) is 4.08. The molecule has 5 nitrogen and oxygen atoms in total. The van der Waals surface area contributed by atoms with Crippen LogP contribution in [0.1, 0.15) is 43.4 Å². The zero-order valence-corrected chi connectivity index (χ0v) is 15.4. The van der Waals surface area contributed by atoms with Crippen molar-refractivity contribution >= 4 is 28.6 Å². The summed E-state index contributed by atoms with van der Waals surface area (Å²) in [4.78, 5) is 16.7. The molecule has 1 aromatic carbocycles. The summed E-state index contributed by atoms with van der Waals surface area (Å²) in [6.45, 7) is 7.22. The molecule has 0 bridgehead atoms. The molecule has 2 aromatic rings. The van der Waals surface area contributed by atoms with E-state index in [0.29, 0.717) is 24.5 Å². The number of halogens is 2. The van der Waals surface area contributed by atoms with E-state index in [0.717, 1.165) is 6.42 Å². The molecule has 136 valence electrons. The average Bonchev–Trinajstić information content (AvgIpc) is 2.86. The number of carbonyl (C=O) groups excluding carboxylic acids is 1. The van der Waals surface area contributed by atoms with E-state index < -0.39 is 11.8 Å². The number of alkyl halides is 1. The SMILES string of the molecule is CC(C)(C)COC(=O)c1ccc2nc(CCl)n(C[C@@H]3CCO3)c2c1F. The van der Waals surface area contributed by atoms with Crippen LogP contribution in [0.25, 0.3) is 11.0 Å². The maximum atomic E-state index is 15.1. The Labute approximate surface area is 151 Å².